The van der Waals surface area contributed by atoms with E-state index < -0.39 is 22.0 Å². The molecule has 1 aromatic heterocycles. The van der Waals surface area contributed by atoms with Gasteiger partial charge in [0.05, 0.1) is 10.6 Å². The number of benzene rings is 2. The molecule has 1 atom stereocenters. The van der Waals surface area contributed by atoms with E-state index in [1.807, 2.05) is 30.5 Å². The van der Waals surface area contributed by atoms with Gasteiger partial charge in [-0.3, -0.25) is 5.32 Å². The molecule has 0 radical (unpaired) electrons. The summed E-state index contributed by atoms with van der Waals surface area (Å²) in [5, 5.41) is 6.79. The van der Waals surface area contributed by atoms with Gasteiger partial charge in [-0.05, 0) is 85.6 Å². The van der Waals surface area contributed by atoms with Crippen molar-refractivity contribution in [1.82, 2.24) is 0 Å². The van der Waals surface area contributed by atoms with Gasteiger partial charge in [0.2, 0.25) is 0 Å². The molecule has 33 heavy (non-hydrogen) atoms. The van der Waals surface area contributed by atoms with Crippen molar-refractivity contribution in [2.45, 2.75) is 31.8 Å². The van der Waals surface area contributed by atoms with Crippen LogP contribution in [0, 0.1) is 6.92 Å². The van der Waals surface area contributed by atoms with Crippen molar-refractivity contribution in [1.29, 1.82) is 0 Å². The minimum atomic E-state index is -3.71. The topological polar surface area (TPSA) is 75.7 Å². The third-order valence-corrected chi connectivity index (χ3v) is 7.97. The number of anilines is 2. The third kappa shape index (κ3) is 6.50. The van der Waals surface area contributed by atoms with E-state index in [0.717, 1.165) is 24.3 Å². The predicted molar refractivity (Wildman–Crippen MR) is 135 cm³/mol. The molecule has 3 rings (SSSR count). The van der Waals surface area contributed by atoms with E-state index in [2.05, 4.69) is 24.1 Å². The van der Waals surface area contributed by atoms with Crippen LogP contribution in [0.1, 0.15) is 31.1 Å². The molecule has 1 amide bonds. The monoisotopic (exact) mass is 506 g/mol. The number of hydrogen-bond acceptors (Lipinski definition) is 6. The molecule has 0 aliphatic carbocycles. The Hall–Kier alpha value is -2.55. The van der Waals surface area contributed by atoms with Crippen LogP contribution in [-0.2, 0) is 14.6 Å². The van der Waals surface area contributed by atoms with E-state index in [-0.39, 0.29) is 10.6 Å². The van der Waals surface area contributed by atoms with Crippen LogP contribution in [0.15, 0.2) is 64.2 Å². The first kappa shape index (κ1) is 25.1. The largest absolute Gasteiger partial charge is 0.440 e. The van der Waals surface area contributed by atoms with E-state index in [0.29, 0.717) is 16.3 Å². The maximum atomic E-state index is 12.9. The van der Waals surface area contributed by atoms with Gasteiger partial charge in [0, 0.05) is 35.1 Å². The Morgan fingerprint density at radius 3 is 2.39 bits per heavy atom. The summed E-state index contributed by atoms with van der Waals surface area (Å²) in [5.41, 5.74) is 3.20. The second kappa shape index (κ2) is 11.0. The minimum Gasteiger partial charge on any atom is -0.440 e. The van der Waals surface area contributed by atoms with Gasteiger partial charge in [-0.2, -0.15) is 11.3 Å². The highest BCUT2D eigenvalue weighted by Gasteiger charge is 2.26. The molecule has 0 aliphatic rings. The van der Waals surface area contributed by atoms with Crippen molar-refractivity contribution in [2.24, 2.45) is 0 Å². The zero-order chi connectivity index (χ0) is 24.0. The summed E-state index contributed by atoms with van der Waals surface area (Å²) in [5.74, 6) is -0.376. The molecule has 9 heteroatoms. The Balaban J connectivity index is 1.76. The quantitative estimate of drug-likeness (QED) is 0.367. The number of carbonyl (C=O) groups is 1. The maximum absolute atomic E-state index is 12.9. The van der Waals surface area contributed by atoms with Crippen LogP contribution in [0.3, 0.4) is 0 Å². The molecule has 1 unspecified atom stereocenters. The van der Waals surface area contributed by atoms with Crippen molar-refractivity contribution in [2.75, 3.05) is 29.1 Å². The summed E-state index contributed by atoms with van der Waals surface area (Å²) < 4.78 is 31.5. The Morgan fingerprint density at radius 1 is 1.12 bits per heavy atom. The number of sulfone groups is 1. The summed E-state index contributed by atoms with van der Waals surface area (Å²) in [6, 6.07) is 13.5. The molecular formula is C24H27ClN2O4S2. The van der Waals surface area contributed by atoms with Gasteiger partial charge in [0.25, 0.3) is 0 Å². The van der Waals surface area contributed by atoms with Crippen LogP contribution >= 0.6 is 22.9 Å². The van der Waals surface area contributed by atoms with Crippen LogP contribution < -0.4 is 10.2 Å². The van der Waals surface area contributed by atoms with Crippen molar-refractivity contribution in [3.8, 4) is 0 Å². The van der Waals surface area contributed by atoms with E-state index in [4.69, 9.17) is 16.3 Å². The number of aryl methyl sites for hydroxylation is 1. The lowest BCUT2D eigenvalue weighted by molar-refractivity contribution is 0.123. The molecule has 176 valence electrons. The van der Waals surface area contributed by atoms with Crippen molar-refractivity contribution < 1.29 is 17.9 Å². The number of hydrogen-bond donors (Lipinski definition) is 1. The van der Waals surface area contributed by atoms with Crippen molar-refractivity contribution >= 4 is 50.2 Å². The van der Waals surface area contributed by atoms with Crippen LogP contribution in [0.5, 0.6) is 0 Å². The zero-order valence-corrected chi connectivity index (χ0v) is 21.1. The Labute approximate surface area is 204 Å². The second-order valence-electron chi connectivity index (χ2n) is 7.48. The molecule has 1 heterocycles. The van der Waals surface area contributed by atoms with Gasteiger partial charge >= 0.3 is 6.09 Å². The molecule has 6 nitrogen and oxygen atoms in total. The van der Waals surface area contributed by atoms with Crippen LogP contribution in [0.2, 0.25) is 5.02 Å². The van der Waals surface area contributed by atoms with Gasteiger partial charge < -0.3 is 9.64 Å². The normalized spacial score (nSPS) is 12.2. The van der Waals surface area contributed by atoms with Crippen LogP contribution in [0.25, 0.3) is 0 Å². The molecule has 3 aromatic rings. The fourth-order valence-corrected chi connectivity index (χ4v) is 5.67. The third-order valence-electron chi connectivity index (χ3n) is 5.28. The number of nitrogens with zero attached hydrogens (tertiary/aromatic N) is 1. The highest BCUT2D eigenvalue weighted by atomic mass is 35.5. The van der Waals surface area contributed by atoms with E-state index in [9.17, 15) is 13.2 Å². The first-order chi connectivity index (χ1) is 15.7. The lowest BCUT2D eigenvalue weighted by Crippen LogP contribution is -2.24. The number of carbonyl (C=O) groups excluding carboxylic acids is 1. The summed E-state index contributed by atoms with van der Waals surface area (Å²) in [6.45, 7) is 7.85. The SMILES string of the molecule is CCN(CC)c1ccc(NC(=O)OC(CS(=O)(=O)c2ccc(Cl)cc2)c2ccsc2)c(C)c1. The van der Waals surface area contributed by atoms with Crippen molar-refractivity contribution in [3.05, 3.63) is 75.4 Å². The molecule has 0 fully saturated rings. The van der Waals surface area contributed by atoms with Gasteiger partial charge in [0.1, 0.15) is 6.10 Å². The minimum absolute atomic E-state index is 0.124. The smallest absolute Gasteiger partial charge is 0.412 e. The Bertz CT molecular complexity index is 1180. The number of halogens is 1. The number of thiophene rings is 1. The number of rotatable bonds is 9. The van der Waals surface area contributed by atoms with Crippen LogP contribution in [-0.4, -0.2) is 33.4 Å². The average molecular weight is 507 g/mol. The maximum Gasteiger partial charge on any atom is 0.412 e. The lowest BCUT2D eigenvalue weighted by atomic mass is 10.1. The fourth-order valence-electron chi connectivity index (χ4n) is 3.44. The van der Waals surface area contributed by atoms with E-state index in [1.54, 1.807) is 11.4 Å². The van der Waals surface area contributed by atoms with Gasteiger partial charge in [0.15, 0.2) is 9.84 Å². The number of ether oxygens (including phenoxy) is 1. The Kier molecular flexibility index (Phi) is 8.40. The van der Waals surface area contributed by atoms with E-state index in [1.165, 1.54) is 35.6 Å². The first-order valence-corrected chi connectivity index (χ1v) is 13.5. The van der Waals surface area contributed by atoms with Gasteiger partial charge in [-0.1, -0.05) is 11.6 Å². The summed E-state index contributed by atoms with van der Waals surface area (Å²) in [6.07, 6.45) is -1.66. The molecule has 0 bridgehead atoms. The first-order valence-electron chi connectivity index (χ1n) is 10.6. The highest BCUT2D eigenvalue weighted by Crippen LogP contribution is 2.27. The number of nitrogens with one attached hydrogen (secondary N) is 1. The van der Waals surface area contributed by atoms with Gasteiger partial charge in [-0.15, -0.1) is 0 Å². The molecule has 2 aromatic carbocycles. The summed E-state index contributed by atoms with van der Waals surface area (Å²) in [4.78, 5) is 15.1. The Morgan fingerprint density at radius 2 is 1.82 bits per heavy atom. The highest BCUT2D eigenvalue weighted by molar-refractivity contribution is 7.91. The molecular weight excluding hydrogens is 480 g/mol. The average Bonchev–Trinajstić information content (AvgIpc) is 3.31. The zero-order valence-electron chi connectivity index (χ0n) is 18.7. The van der Waals surface area contributed by atoms with E-state index >= 15 is 0 Å². The fraction of sp³-hybridized carbons (Fsp3) is 0.292. The molecule has 0 saturated carbocycles. The van der Waals surface area contributed by atoms with Crippen LogP contribution in [0.4, 0.5) is 16.2 Å². The second-order valence-corrected chi connectivity index (χ2v) is 10.7. The van der Waals surface area contributed by atoms with Gasteiger partial charge in [-0.25, -0.2) is 13.2 Å². The lowest BCUT2D eigenvalue weighted by Gasteiger charge is -2.22. The standard InChI is InChI=1S/C24H27ClN2O4S2/c1-4-27(5-2)20-8-11-22(17(3)14-20)26-24(28)31-23(18-12-13-32-15-18)16-33(29,30)21-9-6-19(25)7-10-21/h6-15,23H,4-5,16H2,1-3H3,(H,26,28). The summed E-state index contributed by atoms with van der Waals surface area (Å²) in [7, 11) is -3.71. The molecule has 1 N–H and O–H groups in total. The number of amides is 1. The predicted octanol–water partition coefficient (Wildman–Crippen LogP) is 6.32. The molecule has 0 aliphatic heterocycles. The summed E-state index contributed by atoms with van der Waals surface area (Å²) >= 11 is 7.28. The molecule has 0 saturated heterocycles. The molecule has 0 spiro atoms. The van der Waals surface area contributed by atoms with Crippen molar-refractivity contribution in [3.63, 3.8) is 0 Å².